The van der Waals surface area contributed by atoms with Gasteiger partial charge in [-0.2, -0.15) is 0 Å². The van der Waals surface area contributed by atoms with Crippen molar-refractivity contribution in [2.45, 2.75) is 6.04 Å². The van der Waals surface area contributed by atoms with Crippen molar-refractivity contribution in [3.63, 3.8) is 0 Å². The quantitative estimate of drug-likeness (QED) is 0.665. The third-order valence-electron chi connectivity index (χ3n) is 3.80. The number of benzene rings is 2. The zero-order valence-corrected chi connectivity index (χ0v) is 13.6. The number of carbonyl (C=O) groups excluding carboxylic acids is 1. The van der Waals surface area contributed by atoms with E-state index in [4.69, 9.17) is 5.11 Å². The summed E-state index contributed by atoms with van der Waals surface area (Å²) in [6, 6.07) is 11.3. The lowest BCUT2D eigenvalue weighted by Crippen LogP contribution is -2.15. The summed E-state index contributed by atoms with van der Waals surface area (Å²) in [5, 5.41) is 12.0. The smallest absolute Gasteiger partial charge is 0.223 e. The highest BCUT2D eigenvalue weighted by atomic mass is 19.1. The summed E-state index contributed by atoms with van der Waals surface area (Å²) in [5.74, 6) is -0.979. The Labute approximate surface area is 148 Å². The lowest BCUT2D eigenvalue weighted by atomic mass is 9.99. The van der Waals surface area contributed by atoms with Crippen LogP contribution in [0.15, 0.2) is 60.9 Å². The second-order valence-corrected chi connectivity index (χ2v) is 5.56. The fourth-order valence-corrected chi connectivity index (χ4v) is 2.44. The van der Waals surface area contributed by atoms with Crippen LogP contribution in [-0.4, -0.2) is 27.5 Å². The van der Waals surface area contributed by atoms with E-state index in [2.05, 4.69) is 15.3 Å². The normalized spacial score (nSPS) is 10.8. The number of rotatable bonds is 6. The third-order valence-corrected chi connectivity index (χ3v) is 3.80. The van der Waals surface area contributed by atoms with Crippen molar-refractivity contribution in [3.8, 4) is 0 Å². The van der Waals surface area contributed by atoms with E-state index < -0.39 is 18.4 Å². The van der Waals surface area contributed by atoms with E-state index in [0.29, 0.717) is 0 Å². The van der Waals surface area contributed by atoms with Gasteiger partial charge in [0.05, 0.1) is 11.6 Å². The van der Waals surface area contributed by atoms with Crippen molar-refractivity contribution in [2.24, 2.45) is 0 Å². The maximum absolute atomic E-state index is 13.2. The molecule has 0 saturated heterocycles. The molecule has 0 bridgehead atoms. The number of aromatic nitrogens is 2. The molecular weight excluding hydrogens is 340 g/mol. The fourth-order valence-electron chi connectivity index (χ4n) is 2.44. The second kappa shape index (κ2) is 7.79. The summed E-state index contributed by atoms with van der Waals surface area (Å²) >= 11 is 0. The summed E-state index contributed by atoms with van der Waals surface area (Å²) in [7, 11) is 0. The average molecular weight is 355 g/mol. The van der Waals surface area contributed by atoms with Gasteiger partial charge in [0.1, 0.15) is 18.2 Å². The van der Waals surface area contributed by atoms with Gasteiger partial charge < -0.3 is 10.4 Å². The standard InChI is InChI=1S/C19H15F2N3O2/c20-15-5-1-12(2-6-15)18(13-3-7-16(21)8-4-13)24-19-22-9-14(10-23-19)17(26)11-25/h1-10,18,25H,11H2,(H,22,23,24). The SMILES string of the molecule is O=C(CO)c1cnc(NC(c2ccc(F)cc2)c2ccc(F)cc2)nc1. The average Bonchev–Trinajstić information content (AvgIpc) is 2.67. The molecule has 0 radical (unpaired) electrons. The molecule has 5 nitrogen and oxygen atoms in total. The third kappa shape index (κ3) is 4.07. The van der Waals surface area contributed by atoms with Crippen LogP contribution in [0.3, 0.4) is 0 Å². The molecule has 7 heteroatoms. The molecule has 0 fully saturated rings. The van der Waals surface area contributed by atoms with Gasteiger partial charge in [-0.25, -0.2) is 18.7 Å². The van der Waals surface area contributed by atoms with Crippen molar-refractivity contribution in [1.82, 2.24) is 9.97 Å². The zero-order valence-electron chi connectivity index (χ0n) is 13.6. The van der Waals surface area contributed by atoms with Gasteiger partial charge in [0.2, 0.25) is 5.95 Å². The molecule has 0 spiro atoms. The van der Waals surface area contributed by atoms with Crippen LogP contribution in [0, 0.1) is 11.6 Å². The number of aliphatic hydroxyl groups excluding tert-OH is 1. The highest BCUT2D eigenvalue weighted by Gasteiger charge is 2.16. The Morgan fingerprint density at radius 3 is 1.81 bits per heavy atom. The Morgan fingerprint density at radius 1 is 0.923 bits per heavy atom. The highest BCUT2D eigenvalue weighted by molar-refractivity contribution is 5.96. The molecule has 0 aliphatic rings. The predicted molar refractivity (Wildman–Crippen MR) is 91.7 cm³/mol. The molecule has 132 valence electrons. The van der Waals surface area contributed by atoms with Crippen LogP contribution < -0.4 is 5.32 Å². The number of hydrogen-bond donors (Lipinski definition) is 2. The number of aliphatic hydroxyl groups is 1. The lowest BCUT2D eigenvalue weighted by molar-refractivity contribution is 0.0903. The molecule has 2 aromatic carbocycles. The maximum atomic E-state index is 13.2. The number of halogens is 2. The summed E-state index contributed by atoms with van der Waals surface area (Å²) in [5.41, 5.74) is 1.66. The largest absolute Gasteiger partial charge is 0.388 e. The van der Waals surface area contributed by atoms with E-state index in [1.807, 2.05) is 0 Å². The van der Waals surface area contributed by atoms with Crippen molar-refractivity contribution < 1.29 is 18.7 Å². The van der Waals surface area contributed by atoms with E-state index in [0.717, 1.165) is 11.1 Å². The number of hydrogen-bond acceptors (Lipinski definition) is 5. The molecule has 0 atom stereocenters. The van der Waals surface area contributed by atoms with E-state index in [-0.39, 0.29) is 23.1 Å². The predicted octanol–water partition coefficient (Wildman–Crippen LogP) is 3.13. The van der Waals surface area contributed by atoms with Crippen molar-refractivity contribution in [1.29, 1.82) is 0 Å². The molecule has 0 unspecified atom stereocenters. The molecule has 1 aromatic heterocycles. The number of ketones is 1. The van der Waals surface area contributed by atoms with Crippen LogP contribution in [0.4, 0.5) is 14.7 Å². The minimum Gasteiger partial charge on any atom is -0.388 e. The Morgan fingerprint density at radius 2 is 1.38 bits per heavy atom. The number of carbonyl (C=O) groups is 1. The van der Waals surface area contributed by atoms with Crippen LogP contribution in [0.5, 0.6) is 0 Å². The first kappa shape index (κ1) is 17.6. The number of Topliss-reactive ketones (excluding diaryl/α,β-unsaturated/α-hetero) is 1. The number of nitrogens with one attached hydrogen (secondary N) is 1. The van der Waals surface area contributed by atoms with Crippen LogP contribution >= 0.6 is 0 Å². The first-order valence-electron chi connectivity index (χ1n) is 7.80. The minimum atomic E-state index is -0.621. The van der Waals surface area contributed by atoms with Crippen molar-refractivity contribution >= 4 is 11.7 Å². The van der Waals surface area contributed by atoms with Gasteiger partial charge in [-0.1, -0.05) is 24.3 Å². The molecule has 3 aromatic rings. The van der Waals surface area contributed by atoms with Crippen LogP contribution in [0.1, 0.15) is 27.5 Å². The van der Waals surface area contributed by atoms with Gasteiger partial charge in [-0.15, -0.1) is 0 Å². The molecule has 26 heavy (non-hydrogen) atoms. The van der Waals surface area contributed by atoms with Gasteiger partial charge >= 0.3 is 0 Å². The van der Waals surface area contributed by atoms with Crippen molar-refractivity contribution in [2.75, 3.05) is 11.9 Å². The summed E-state index contributed by atoms with van der Waals surface area (Å²) < 4.78 is 26.5. The second-order valence-electron chi connectivity index (χ2n) is 5.56. The Hall–Kier alpha value is -3.19. The Balaban J connectivity index is 1.91. The van der Waals surface area contributed by atoms with E-state index in [9.17, 15) is 13.6 Å². The molecular formula is C19H15F2N3O2. The highest BCUT2D eigenvalue weighted by Crippen LogP contribution is 2.26. The molecule has 2 N–H and O–H groups in total. The van der Waals surface area contributed by atoms with Crippen molar-refractivity contribution in [3.05, 3.63) is 89.2 Å². The first-order chi connectivity index (χ1) is 12.6. The van der Waals surface area contributed by atoms with E-state index >= 15 is 0 Å². The maximum Gasteiger partial charge on any atom is 0.223 e. The van der Waals surface area contributed by atoms with Gasteiger partial charge in [-0.05, 0) is 35.4 Å². The summed E-state index contributed by atoms with van der Waals surface area (Å²) in [6.07, 6.45) is 2.61. The Kier molecular flexibility index (Phi) is 5.28. The molecule has 0 aliphatic carbocycles. The molecule has 0 saturated carbocycles. The molecule has 3 rings (SSSR count). The van der Waals surface area contributed by atoms with E-state index in [1.54, 1.807) is 24.3 Å². The topological polar surface area (TPSA) is 75.1 Å². The summed E-state index contributed by atoms with van der Waals surface area (Å²) in [6.45, 7) is -0.621. The van der Waals surface area contributed by atoms with Crippen LogP contribution in [0.25, 0.3) is 0 Å². The van der Waals surface area contributed by atoms with Gasteiger partial charge in [0.25, 0.3) is 0 Å². The number of anilines is 1. The fraction of sp³-hybridized carbons (Fsp3) is 0.105. The molecule has 0 aliphatic heterocycles. The minimum absolute atomic E-state index is 0.193. The van der Waals surface area contributed by atoms with Gasteiger partial charge in [-0.3, -0.25) is 4.79 Å². The molecule has 0 amide bonds. The first-order valence-corrected chi connectivity index (χ1v) is 7.80. The molecule has 1 heterocycles. The monoisotopic (exact) mass is 355 g/mol. The van der Waals surface area contributed by atoms with E-state index in [1.165, 1.54) is 36.7 Å². The lowest BCUT2D eigenvalue weighted by Gasteiger charge is -2.20. The van der Waals surface area contributed by atoms with Gasteiger partial charge in [0, 0.05) is 12.4 Å². The summed E-state index contributed by atoms with van der Waals surface area (Å²) in [4.78, 5) is 19.6. The van der Waals surface area contributed by atoms with Crippen LogP contribution in [0.2, 0.25) is 0 Å². The van der Waals surface area contributed by atoms with Gasteiger partial charge in [0.15, 0.2) is 5.78 Å². The van der Waals surface area contributed by atoms with Crippen LogP contribution in [-0.2, 0) is 0 Å². The zero-order chi connectivity index (χ0) is 18.5. The number of nitrogens with zero attached hydrogens (tertiary/aromatic N) is 2. The Bertz CT molecular complexity index is 837.